The standard InChI is InChI=1S/C13H15ClN2O4S/c1-2-7-21(19,20)15-5-6-16-12(17)10-4-3-9(14)8-11(10)13(16)18/h3-4,8,15H,2,5-7H2,1H3. The quantitative estimate of drug-likeness (QED) is 0.796. The molecule has 1 N–H and O–H groups in total. The summed E-state index contributed by atoms with van der Waals surface area (Å²) < 4.78 is 25.4. The molecule has 1 aromatic carbocycles. The fraction of sp³-hybridized carbons (Fsp3) is 0.385. The van der Waals surface area contributed by atoms with Gasteiger partial charge in [-0.05, 0) is 24.6 Å². The van der Waals surface area contributed by atoms with Crippen LogP contribution in [0, 0.1) is 0 Å². The SMILES string of the molecule is CCCS(=O)(=O)NCCN1C(=O)c2ccc(Cl)cc2C1=O. The topological polar surface area (TPSA) is 83.6 Å². The zero-order valence-electron chi connectivity index (χ0n) is 11.4. The molecule has 0 aliphatic carbocycles. The second kappa shape index (κ2) is 6.13. The highest BCUT2D eigenvalue weighted by molar-refractivity contribution is 7.89. The van der Waals surface area contributed by atoms with E-state index in [4.69, 9.17) is 11.6 Å². The summed E-state index contributed by atoms with van der Waals surface area (Å²) in [6, 6.07) is 4.48. The molecule has 6 nitrogen and oxygen atoms in total. The molecule has 0 spiro atoms. The lowest BCUT2D eigenvalue weighted by Crippen LogP contribution is -2.38. The lowest BCUT2D eigenvalue weighted by molar-refractivity contribution is 0.0657. The summed E-state index contributed by atoms with van der Waals surface area (Å²) in [6.45, 7) is 1.75. The van der Waals surface area contributed by atoms with Crippen LogP contribution < -0.4 is 4.72 Å². The third-order valence-electron chi connectivity index (χ3n) is 3.06. The minimum Gasteiger partial charge on any atom is -0.273 e. The Bertz CT molecular complexity index is 687. The smallest absolute Gasteiger partial charge is 0.261 e. The van der Waals surface area contributed by atoms with E-state index < -0.39 is 21.8 Å². The van der Waals surface area contributed by atoms with Crippen molar-refractivity contribution in [3.63, 3.8) is 0 Å². The van der Waals surface area contributed by atoms with Crippen molar-refractivity contribution in [2.24, 2.45) is 0 Å². The normalized spacial score (nSPS) is 14.7. The first-order chi connectivity index (χ1) is 9.85. The van der Waals surface area contributed by atoms with Crippen molar-refractivity contribution in [2.75, 3.05) is 18.8 Å². The van der Waals surface area contributed by atoms with Gasteiger partial charge in [-0.25, -0.2) is 13.1 Å². The van der Waals surface area contributed by atoms with E-state index in [1.54, 1.807) is 13.0 Å². The van der Waals surface area contributed by atoms with Crippen LogP contribution in [0.25, 0.3) is 0 Å². The summed E-state index contributed by atoms with van der Waals surface area (Å²) in [6.07, 6.45) is 0.501. The Morgan fingerprint density at radius 3 is 2.52 bits per heavy atom. The van der Waals surface area contributed by atoms with E-state index in [9.17, 15) is 18.0 Å². The van der Waals surface area contributed by atoms with Gasteiger partial charge in [0, 0.05) is 18.1 Å². The van der Waals surface area contributed by atoms with Crippen LogP contribution in [0.15, 0.2) is 18.2 Å². The summed E-state index contributed by atoms with van der Waals surface area (Å²) in [5.74, 6) is -0.862. The number of carbonyl (C=O) groups excluding carboxylic acids is 2. The maximum absolute atomic E-state index is 12.1. The van der Waals surface area contributed by atoms with Crippen molar-refractivity contribution in [1.82, 2.24) is 9.62 Å². The first kappa shape index (κ1) is 15.9. The van der Waals surface area contributed by atoms with Gasteiger partial charge in [0.15, 0.2) is 0 Å². The highest BCUT2D eigenvalue weighted by atomic mass is 35.5. The first-order valence-electron chi connectivity index (χ1n) is 6.49. The van der Waals surface area contributed by atoms with E-state index in [1.165, 1.54) is 12.1 Å². The number of fused-ring (bicyclic) bond motifs is 1. The number of benzene rings is 1. The maximum atomic E-state index is 12.1. The Balaban J connectivity index is 2.04. The highest BCUT2D eigenvalue weighted by Crippen LogP contribution is 2.25. The first-order valence-corrected chi connectivity index (χ1v) is 8.52. The predicted molar refractivity (Wildman–Crippen MR) is 78.9 cm³/mol. The third kappa shape index (κ3) is 3.42. The highest BCUT2D eigenvalue weighted by Gasteiger charge is 2.35. The van der Waals surface area contributed by atoms with Crippen LogP contribution in [0.2, 0.25) is 5.02 Å². The molecule has 0 atom stereocenters. The Morgan fingerprint density at radius 2 is 1.86 bits per heavy atom. The maximum Gasteiger partial charge on any atom is 0.261 e. The molecule has 1 aromatic rings. The lowest BCUT2D eigenvalue weighted by atomic mass is 10.1. The van der Waals surface area contributed by atoms with E-state index in [2.05, 4.69) is 4.72 Å². The van der Waals surface area contributed by atoms with Crippen LogP contribution in [0.4, 0.5) is 0 Å². The summed E-state index contributed by atoms with van der Waals surface area (Å²) in [7, 11) is -3.35. The van der Waals surface area contributed by atoms with Gasteiger partial charge in [-0.2, -0.15) is 0 Å². The second-order valence-corrected chi connectivity index (χ2v) is 7.03. The molecule has 1 aliphatic rings. The minimum atomic E-state index is -3.35. The van der Waals surface area contributed by atoms with E-state index >= 15 is 0 Å². The number of sulfonamides is 1. The molecule has 0 saturated heterocycles. The molecule has 2 amide bonds. The fourth-order valence-electron chi connectivity index (χ4n) is 2.12. The molecular weight excluding hydrogens is 316 g/mol. The molecule has 114 valence electrons. The molecule has 21 heavy (non-hydrogen) atoms. The Labute approximate surface area is 128 Å². The van der Waals surface area contributed by atoms with E-state index in [-0.39, 0.29) is 24.4 Å². The van der Waals surface area contributed by atoms with E-state index in [0.717, 1.165) is 4.90 Å². The zero-order valence-corrected chi connectivity index (χ0v) is 13.0. The van der Waals surface area contributed by atoms with Crippen molar-refractivity contribution in [3.05, 3.63) is 34.3 Å². The number of imide groups is 1. The molecule has 1 aliphatic heterocycles. The second-order valence-electron chi connectivity index (χ2n) is 4.67. The summed E-state index contributed by atoms with van der Waals surface area (Å²) >= 11 is 5.81. The number of halogens is 1. The molecule has 1 heterocycles. The number of hydrogen-bond donors (Lipinski definition) is 1. The van der Waals surface area contributed by atoms with Gasteiger partial charge in [0.25, 0.3) is 11.8 Å². The van der Waals surface area contributed by atoms with Crippen LogP contribution in [0.5, 0.6) is 0 Å². The Morgan fingerprint density at radius 1 is 1.19 bits per heavy atom. The van der Waals surface area contributed by atoms with Gasteiger partial charge < -0.3 is 0 Å². The molecule has 0 unspecified atom stereocenters. The fourth-order valence-corrected chi connectivity index (χ4v) is 3.38. The van der Waals surface area contributed by atoms with Crippen LogP contribution in [0.3, 0.4) is 0 Å². The van der Waals surface area contributed by atoms with Gasteiger partial charge >= 0.3 is 0 Å². The average Bonchev–Trinajstić information content (AvgIpc) is 2.63. The molecule has 0 saturated carbocycles. The predicted octanol–water partition coefficient (Wildman–Crippen LogP) is 1.27. The Hall–Kier alpha value is -1.44. The Kier molecular flexibility index (Phi) is 4.65. The monoisotopic (exact) mass is 330 g/mol. The average molecular weight is 331 g/mol. The molecule has 8 heteroatoms. The summed E-state index contributed by atoms with van der Waals surface area (Å²) in [5, 5.41) is 0.375. The van der Waals surface area contributed by atoms with Crippen molar-refractivity contribution in [2.45, 2.75) is 13.3 Å². The van der Waals surface area contributed by atoms with Crippen LogP contribution in [-0.4, -0.2) is 44.0 Å². The molecule has 0 aromatic heterocycles. The van der Waals surface area contributed by atoms with Gasteiger partial charge in [-0.15, -0.1) is 0 Å². The van der Waals surface area contributed by atoms with Gasteiger partial charge in [-0.1, -0.05) is 18.5 Å². The van der Waals surface area contributed by atoms with Crippen molar-refractivity contribution in [1.29, 1.82) is 0 Å². The summed E-state index contributed by atoms with van der Waals surface area (Å²) in [4.78, 5) is 25.2. The number of amides is 2. The van der Waals surface area contributed by atoms with E-state index in [1.807, 2.05) is 0 Å². The molecule has 2 rings (SSSR count). The molecule has 0 fully saturated rings. The largest absolute Gasteiger partial charge is 0.273 e. The van der Waals surface area contributed by atoms with Gasteiger partial charge in [0.05, 0.1) is 16.9 Å². The van der Waals surface area contributed by atoms with Gasteiger partial charge in [-0.3, -0.25) is 14.5 Å². The molecule has 0 radical (unpaired) electrons. The van der Waals surface area contributed by atoms with Crippen LogP contribution in [0.1, 0.15) is 34.1 Å². The van der Waals surface area contributed by atoms with Crippen LogP contribution in [-0.2, 0) is 10.0 Å². The van der Waals surface area contributed by atoms with Crippen molar-refractivity contribution in [3.8, 4) is 0 Å². The van der Waals surface area contributed by atoms with Gasteiger partial charge in [0.2, 0.25) is 10.0 Å². The van der Waals surface area contributed by atoms with Crippen molar-refractivity contribution >= 4 is 33.4 Å². The summed E-state index contributed by atoms with van der Waals surface area (Å²) in [5.41, 5.74) is 0.546. The lowest BCUT2D eigenvalue weighted by Gasteiger charge is -2.14. The number of carbonyl (C=O) groups is 2. The van der Waals surface area contributed by atoms with Crippen LogP contribution >= 0.6 is 11.6 Å². The zero-order chi connectivity index (χ0) is 15.6. The number of hydrogen-bond acceptors (Lipinski definition) is 4. The third-order valence-corrected chi connectivity index (χ3v) is 4.89. The van der Waals surface area contributed by atoms with Gasteiger partial charge in [0.1, 0.15) is 0 Å². The number of nitrogens with one attached hydrogen (secondary N) is 1. The van der Waals surface area contributed by atoms with E-state index in [0.29, 0.717) is 17.0 Å². The van der Waals surface area contributed by atoms with Crippen molar-refractivity contribution < 1.29 is 18.0 Å². The minimum absolute atomic E-state index is 0.00152. The molecule has 0 bridgehead atoms. The molecular formula is C13H15ClN2O4S. The number of nitrogens with zero attached hydrogens (tertiary/aromatic N) is 1. The number of rotatable bonds is 6.